The molecule has 4 heteroatoms. The van der Waals surface area contributed by atoms with Crippen LogP contribution in [-0.2, 0) is 4.79 Å². The Morgan fingerprint density at radius 3 is 2.67 bits per heavy atom. The lowest BCUT2D eigenvalue weighted by Gasteiger charge is -2.29. The molecule has 1 aliphatic rings. The van der Waals surface area contributed by atoms with Crippen molar-refractivity contribution in [3.05, 3.63) is 0 Å². The van der Waals surface area contributed by atoms with Crippen molar-refractivity contribution < 1.29 is 9.90 Å². The van der Waals surface area contributed by atoms with Crippen LogP contribution in [0.3, 0.4) is 0 Å². The average Bonchev–Trinajstić information content (AvgIpc) is 2.61. The van der Waals surface area contributed by atoms with Gasteiger partial charge in [-0.2, -0.15) is 0 Å². The lowest BCUT2D eigenvalue weighted by atomic mass is 9.99. The molecule has 1 aliphatic heterocycles. The second-order valence-electron chi connectivity index (χ2n) is 4.79. The minimum atomic E-state index is -0.704. The van der Waals surface area contributed by atoms with Crippen LogP contribution < -0.4 is 5.73 Å². The smallest absolute Gasteiger partial charge is 0.304 e. The van der Waals surface area contributed by atoms with Crippen molar-refractivity contribution in [2.75, 3.05) is 19.6 Å². The number of rotatable bonds is 5. The van der Waals surface area contributed by atoms with Crippen LogP contribution in [0.2, 0.25) is 0 Å². The third-order valence-corrected chi connectivity index (χ3v) is 3.27. The van der Waals surface area contributed by atoms with Crippen LogP contribution in [0.1, 0.15) is 26.7 Å². The van der Waals surface area contributed by atoms with Crippen molar-refractivity contribution in [3.8, 4) is 0 Å². The van der Waals surface area contributed by atoms with Gasteiger partial charge in [-0.1, -0.05) is 13.8 Å². The summed E-state index contributed by atoms with van der Waals surface area (Å²) in [5.74, 6) is 0.238. The molecular weight excluding hydrogens is 192 g/mol. The van der Waals surface area contributed by atoms with Crippen LogP contribution in [0.5, 0.6) is 0 Å². The van der Waals surface area contributed by atoms with Crippen molar-refractivity contribution >= 4 is 5.97 Å². The van der Waals surface area contributed by atoms with Crippen molar-refractivity contribution in [3.63, 3.8) is 0 Å². The molecule has 0 radical (unpaired) electrons. The number of hydrogen-bond acceptors (Lipinski definition) is 3. The number of likely N-dealkylation sites (tertiary alicyclic amines) is 1. The summed E-state index contributed by atoms with van der Waals surface area (Å²) in [4.78, 5) is 13.1. The van der Waals surface area contributed by atoms with Gasteiger partial charge in [0.2, 0.25) is 0 Å². The molecule has 4 nitrogen and oxygen atoms in total. The van der Waals surface area contributed by atoms with Gasteiger partial charge >= 0.3 is 5.97 Å². The number of hydrogen-bond donors (Lipinski definition) is 2. The molecule has 1 heterocycles. The van der Waals surface area contributed by atoms with E-state index in [2.05, 4.69) is 18.7 Å². The molecule has 3 N–H and O–H groups in total. The van der Waals surface area contributed by atoms with Crippen molar-refractivity contribution in [1.82, 2.24) is 4.90 Å². The van der Waals surface area contributed by atoms with Gasteiger partial charge in [0.15, 0.2) is 0 Å². The van der Waals surface area contributed by atoms with E-state index in [9.17, 15) is 4.79 Å². The maximum atomic E-state index is 10.8. The van der Waals surface area contributed by atoms with E-state index in [1.807, 2.05) is 0 Å². The maximum absolute atomic E-state index is 10.8. The Morgan fingerprint density at radius 1 is 1.60 bits per heavy atom. The third-order valence-electron chi connectivity index (χ3n) is 3.27. The largest absolute Gasteiger partial charge is 0.481 e. The molecule has 0 spiro atoms. The molecule has 0 aromatic carbocycles. The molecule has 0 saturated carbocycles. The zero-order chi connectivity index (χ0) is 11.4. The Labute approximate surface area is 91.4 Å². The molecule has 0 amide bonds. The van der Waals surface area contributed by atoms with E-state index in [-0.39, 0.29) is 12.5 Å². The molecule has 2 atom stereocenters. The lowest BCUT2D eigenvalue weighted by Crippen LogP contribution is -2.39. The fraction of sp³-hybridized carbons (Fsp3) is 0.909. The first-order valence-electron chi connectivity index (χ1n) is 5.70. The second-order valence-corrected chi connectivity index (χ2v) is 4.79. The zero-order valence-electron chi connectivity index (χ0n) is 9.65. The highest BCUT2D eigenvalue weighted by molar-refractivity contribution is 5.67. The van der Waals surface area contributed by atoms with Crippen LogP contribution in [0, 0.1) is 11.8 Å². The summed E-state index contributed by atoms with van der Waals surface area (Å²) in [6, 6.07) is 0.166. The summed E-state index contributed by atoms with van der Waals surface area (Å²) in [7, 11) is 0. The lowest BCUT2D eigenvalue weighted by molar-refractivity contribution is -0.138. The quantitative estimate of drug-likeness (QED) is 0.709. The normalized spacial score (nSPS) is 24.7. The van der Waals surface area contributed by atoms with Gasteiger partial charge in [-0.05, 0) is 31.3 Å². The van der Waals surface area contributed by atoms with Gasteiger partial charge in [-0.3, -0.25) is 9.69 Å². The van der Waals surface area contributed by atoms with E-state index < -0.39 is 5.97 Å². The summed E-state index contributed by atoms with van der Waals surface area (Å²) in [6.45, 7) is 6.85. The van der Waals surface area contributed by atoms with Crippen LogP contribution in [-0.4, -0.2) is 41.7 Å². The van der Waals surface area contributed by atoms with Crippen LogP contribution in [0.25, 0.3) is 0 Å². The molecule has 0 bridgehead atoms. The number of nitrogens with zero attached hydrogens (tertiary/aromatic N) is 1. The van der Waals surface area contributed by atoms with Gasteiger partial charge in [0.1, 0.15) is 0 Å². The summed E-state index contributed by atoms with van der Waals surface area (Å²) in [6.07, 6.45) is 1.36. The third kappa shape index (κ3) is 3.47. The fourth-order valence-corrected chi connectivity index (χ4v) is 2.32. The number of carbonyl (C=O) groups is 1. The molecule has 88 valence electrons. The van der Waals surface area contributed by atoms with Gasteiger partial charge in [0, 0.05) is 12.6 Å². The van der Waals surface area contributed by atoms with E-state index in [1.165, 1.54) is 0 Å². The van der Waals surface area contributed by atoms with Crippen molar-refractivity contribution in [2.24, 2.45) is 17.6 Å². The van der Waals surface area contributed by atoms with E-state index >= 15 is 0 Å². The Hall–Kier alpha value is -0.610. The second kappa shape index (κ2) is 5.47. The Morgan fingerprint density at radius 2 is 2.27 bits per heavy atom. The maximum Gasteiger partial charge on any atom is 0.304 e. The molecule has 1 rings (SSSR count). The molecule has 2 unspecified atom stereocenters. The van der Waals surface area contributed by atoms with Gasteiger partial charge < -0.3 is 10.8 Å². The number of aliphatic carboxylic acids is 1. The standard InChI is InChI=1S/C11H22N2O2/c1-8(2)10(5-11(14)15)13-4-3-9(6-12)7-13/h8-10H,3-7,12H2,1-2H3,(H,14,15). The number of carboxylic acids is 1. The van der Waals surface area contributed by atoms with E-state index in [0.29, 0.717) is 18.4 Å². The molecular formula is C11H22N2O2. The highest BCUT2D eigenvalue weighted by Crippen LogP contribution is 2.23. The Bertz CT molecular complexity index is 219. The SMILES string of the molecule is CC(C)C(CC(=O)O)N1CCC(CN)C1. The number of carboxylic acid groups (broad SMARTS) is 1. The Balaban J connectivity index is 2.53. The van der Waals surface area contributed by atoms with E-state index in [0.717, 1.165) is 19.5 Å². The van der Waals surface area contributed by atoms with Crippen molar-refractivity contribution in [2.45, 2.75) is 32.7 Å². The first-order chi connectivity index (χ1) is 7.04. The van der Waals surface area contributed by atoms with Gasteiger partial charge in [-0.25, -0.2) is 0 Å². The van der Waals surface area contributed by atoms with Crippen LogP contribution in [0.15, 0.2) is 0 Å². The molecule has 15 heavy (non-hydrogen) atoms. The summed E-state index contributed by atoms with van der Waals surface area (Å²) in [5.41, 5.74) is 5.63. The van der Waals surface area contributed by atoms with Gasteiger partial charge in [0.05, 0.1) is 6.42 Å². The average molecular weight is 214 g/mol. The molecule has 0 aromatic heterocycles. The summed E-state index contributed by atoms with van der Waals surface area (Å²) in [5, 5.41) is 8.86. The van der Waals surface area contributed by atoms with Crippen molar-refractivity contribution in [1.29, 1.82) is 0 Å². The topological polar surface area (TPSA) is 66.6 Å². The van der Waals surface area contributed by atoms with E-state index in [4.69, 9.17) is 10.8 Å². The summed E-state index contributed by atoms with van der Waals surface area (Å²) >= 11 is 0. The molecule has 0 aliphatic carbocycles. The van der Waals surface area contributed by atoms with E-state index in [1.54, 1.807) is 0 Å². The predicted molar refractivity (Wildman–Crippen MR) is 59.6 cm³/mol. The highest BCUT2D eigenvalue weighted by atomic mass is 16.4. The zero-order valence-corrected chi connectivity index (χ0v) is 9.65. The van der Waals surface area contributed by atoms with Gasteiger partial charge in [-0.15, -0.1) is 0 Å². The minimum absolute atomic E-state index is 0.166. The van der Waals surface area contributed by atoms with Gasteiger partial charge in [0.25, 0.3) is 0 Å². The van der Waals surface area contributed by atoms with Crippen LogP contribution >= 0.6 is 0 Å². The predicted octanol–water partition coefficient (Wildman–Crippen LogP) is 0.766. The Kier molecular flexibility index (Phi) is 4.54. The highest BCUT2D eigenvalue weighted by Gasteiger charge is 2.30. The molecule has 1 saturated heterocycles. The minimum Gasteiger partial charge on any atom is -0.481 e. The first kappa shape index (κ1) is 12.5. The first-order valence-corrected chi connectivity index (χ1v) is 5.70. The van der Waals surface area contributed by atoms with Crippen LogP contribution in [0.4, 0.5) is 0 Å². The number of nitrogens with two attached hydrogens (primary N) is 1. The monoisotopic (exact) mass is 214 g/mol. The molecule has 0 aromatic rings. The fourth-order valence-electron chi connectivity index (χ4n) is 2.32. The molecule has 1 fully saturated rings. The summed E-state index contributed by atoms with van der Waals surface area (Å²) < 4.78 is 0.